The van der Waals surface area contributed by atoms with Gasteiger partial charge in [-0.15, -0.1) is 0 Å². The zero-order valence-electron chi connectivity index (χ0n) is 10.1. The third-order valence-electron chi connectivity index (χ3n) is 2.54. The topological polar surface area (TPSA) is 44.5 Å². The standard InChI is InChI=1S/C12H16ClNO2S/c1-7(4-12(14)17)8-5-10(15-2)11(16-3)6-9(8)13/h5-7H,4H2,1-3H3,(H2,14,17). The van der Waals surface area contributed by atoms with Crippen LogP contribution in [0.25, 0.3) is 0 Å². The van der Waals surface area contributed by atoms with Gasteiger partial charge in [-0.25, -0.2) is 0 Å². The Morgan fingerprint density at radius 2 is 1.88 bits per heavy atom. The monoisotopic (exact) mass is 273 g/mol. The molecular weight excluding hydrogens is 258 g/mol. The molecular formula is C12H16ClNO2S. The molecule has 0 bridgehead atoms. The van der Waals surface area contributed by atoms with Crippen LogP contribution in [0, 0.1) is 0 Å². The van der Waals surface area contributed by atoms with Gasteiger partial charge in [-0.1, -0.05) is 30.7 Å². The second-order valence-electron chi connectivity index (χ2n) is 3.80. The van der Waals surface area contributed by atoms with Crippen LogP contribution in [0.2, 0.25) is 5.02 Å². The molecule has 94 valence electrons. The highest BCUT2D eigenvalue weighted by Gasteiger charge is 2.15. The van der Waals surface area contributed by atoms with Crippen molar-refractivity contribution in [2.24, 2.45) is 5.73 Å². The fraction of sp³-hybridized carbons (Fsp3) is 0.417. The number of methoxy groups -OCH3 is 2. The van der Waals surface area contributed by atoms with Gasteiger partial charge in [0.05, 0.1) is 19.2 Å². The molecule has 1 unspecified atom stereocenters. The lowest BCUT2D eigenvalue weighted by atomic mass is 9.97. The lowest BCUT2D eigenvalue weighted by Gasteiger charge is -2.16. The number of benzene rings is 1. The molecule has 1 rings (SSSR count). The molecule has 0 spiro atoms. The van der Waals surface area contributed by atoms with Crippen LogP contribution >= 0.6 is 23.8 Å². The van der Waals surface area contributed by atoms with Gasteiger partial charge in [0.15, 0.2) is 11.5 Å². The summed E-state index contributed by atoms with van der Waals surface area (Å²) in [5, 5.41) is 0.631. The lowest BCUT2D eigenvalue weighted by molar-refractivity contribution is 0.354. The molecule has 0 aliphatic heterocycles. The van der Waals surface area contributed by atoms with Crippen molar-refractivity contribution < 1.29 is 9.47 Å². The van der Waals surface area contributed by atoms with E-state index in [0.29, 0.717) is 27.9 Å². The Hall–Kier alpha value is -1.00. The van der Waals surface area contributed by atoms with Crippen molar-refractivity contribution in [3.05, 3.63) is 22.7 Å². The number of thiocarbonyl (C=S) groups is 1. The highest BCUT2D eigenvalue weighted by Crippen LogP contribution is 2.37. The van der Waals surface area contributed by atoms with E-state index in [-0.39, 0.29) is 5.92 Å². The van der Waals surface area contributed by atoms with Crippen molar-refractivity contribution in [1.82, 2.24) is 0 Å². The Morgan fingerprint density at radius 3 is 2.35 bits per heavy atom. The van der Waals surface area contributed by atoms with E-state index in [0.717, 1.165) is 5.56 Å². The molecule has 0 fully saturated rings. The maximum Gasteiger partial charge on any atom is 0.162 e. The summed E-state index contributed by atoms with van der Waals surface area (Å²) in [5.74, 6) is 1.42. The lowest BCUT2D eigenvalue weighted by Crippen LogP contribution is -2.11. The predicted molar refractivity (Wildman–Crippen MR) is 74.4 cm³/mol. The number of ether oxygens (including phenoxy) is 2. The van der Waals surface area contributed by atoms with Gasteiger partial charge in [0.1, 0.15) is 0 Å². The molecule has 0 amide bonds. The number of rotatable bonds is 5. The maximum absolute atomic E-state index is 6.20. The van der Waals surface area contributed by atoms with Gasteiger partial charge < -0.3 is 15.2 Å². The Morgan fingerprint density at radius 1 is 1.35 bits per heavy atom. The number of halogens is 1. The van der Waals surface area contributed by atoms with Gasteiger partial charge in [0.2, 0.25) is 0 Å². The van der Waals surface area contributed by atoms with Crippen molar-refractivity contribution >= 4 is 28.8 Å². The van der Waals surface area contributed by atoms with Crippen LogP contribution < -0.4 is 15.2 Å². The van der Waals surface area contributed by atoms with E-state index in [1.807, 2.05) is 13.0 Å². The van der Waals surface area contributed by atoms with Gasteiger partial charge in [-0.2, -0.15) is 0 Å². The molecule has 0 radical (unpaired) electrons. The molecule has 0 aliphatic carbocycles. The molecule has 0 heterocycles. The Balaban J connectivity index is 3.11. The molecule has 5 heteroatoms. The quantitative estimate of drug-likeness (QED) is 0.837. The number of nitrogens with two attached hydrogens (primary N) is 1. The van der Waals surface area contributed by atoms with Crippen LogP contribution in [0.4, 0.5) is 0 Å². The van der Waals surface area contributed by atoms with Crippen molar-refractivity contribution in [2.45, 2.75) is 19.3 Å². The fourth-order valence-corrected chi connectivity index (χ4v) is 2.25. The summed E-state index contributed by atoms with van der Waals surface area (Å²) >= 11 is 11.1. The van der Waals surface area contributed by atoms with Crippen LogP contribution in [-0.2, 0) is 0 Å². The van der Waals surface area contributed by atoms with Gasteiger partial charge in [-0.3, -0.25) is 0 Å². The minimum atomic E-state index is 0.153. The minimum absolute atomic E-state index is 0.153. The summed E-state index contributed by atoms with van der Waals surface area (Å²) in [6.07, 6.45) is 0.616. The first kappa shape index (κ1) is 14.1. The van der Waals surface area contributed by atoms with Crippen LogP contribution in [0.1, 0.15) is 24.8 Å². The molecule has 3 nitrogen and oxygen atoms in total. The molecule has 2 N–H and O–H groups in total. The van der Waals surface area contributed by atoms with E-state index in [4.69, 9.17) is 39.0 Å². The van der Waals surface area contributed by atoms with E-state index in [2.05, 4.69) is 0 Å². The van der Waals surface area contributed by atoms with Crippen molar-refractivity contribution in [3.63, 3.8) is 0 Å². The molecule has 0 saturated heterocycles. The maximum atomic E-state index is 6.20. The summed E-state index contributed by atoms with van der Waals surface area (Å²) in [5.41, 5.74) is 6.50. The smallest absolute Gasteiger partial charge is 0.162 e. The van der Waals surface area contributed by atoms with Crippen molar-refractivity contribution in [2.75, 3.05) is 14.2 Å². The fourth-order valence-electron chi connectivity index (χ4n) is 1.66. The van der Waals surface area contributed by atoms with Crippen LogP contribution in [0.15, 0.2) is 12.1 Å². The van der Waals surface area contributed by atoms with E-state index in [1.165, 1.54) is 0 Å². The Labute approximate surface area is 112 Å². The Bertz CT molecular complexity index is 423. The summed E-state index contributed by atoms with van der Waals surface area (Å²) < 4.78 is 10.4. The van der Waals surface area contributed by atoms with Gasteiger partial charge >= 0.3 is 0 Å². The first-order chi connectivity index (χ1) is 7.99. The summed E-state index contributed by atoms with van der Waals surface area (Å²) in [4.78, 5) is 0.475. The third kappa shape index (κ3) is 3.48. The minimum Gasteiger partial charge on any atom is -0.493 e. The van der Waals surface area contributed by atoms with Gasteiger partial charge in [-0.05, 0) is 17.5 Å². The zero-order valence-corrected chi connectivity index (χ0v) is 11.7. The first-order valence-corrected chi connectivity index (χ1v) is 5.98. The molecule has 1 aromatic carbocycles. The summed E-state index contributed by atoms with van der Waals surface area (Å²) in [6, 6.07) is 3.61. The van der Waals surface area contributed by atoms with E-state index in [1.54, 1.807) is 20.3 Å². The molecule has 0 saturated carbocycles. The molecule has 0 aromatic heterocycles. The largest absolute Gasteiger partial charge is 0.493 e. The highest BCUT2D eigenvalue weighted by atomic mass is 35.5. The predicted octanol–water partition coefficient (Wildman–Crippen LogP) is 3.14. The van der Waals surface area contributed by atoms with Gasteiger partial charge in [0, 0.05) is 17.5 Å². The SMILES string of the molecule is COc1cc(Cl)c(C(C)CC(N)=S)cc1OC. The average Bonchev–Trinajstić information content (AvgIpc) is 2.27. The molecule has 1 aromatic rings. The Kier molecular flexibility index (Phi) is 5.02. The summed E-state index contributed by atoms with van der Waals surface area (Å²) in [7, 11) is 3.17. The normalized spacial score (nSPS) is 12.0. The van der Waals surface area contributed by atoms with Crippen LogP contribution in [0.5, 0.6) is 11.5 Å². The third-order valence-corrected chi connectivity index (χ3v) is 3.04. The summed E-state index contributed by atoms with van der Waals surface area (Å²) in [6.45, 7) is 2.02. The van der Waals surface area contributed by atoms with Crippen molar-refractivity contribution in [1.29, 1.82) is 0 Å². The second kappa shape index (κ2) is 6.07. The van der Waals surface area contributed by atoms with Crippen LogP contribution in [0.3, 0.4) is 0 Å². The van der Waals surface area contributed by atoms with Crippen LogP contribution in [-0.4, -0.2) is 19.2 Å². The number of hydrogen-bond acceptors (Lipinski definition) is 3. The van der Waals surface area contributed by atoms with Crippen molar-refractivity contribution in [3.8, 4) is 11.5 Å². The second-order valence-corrected chi connectivity index (χ2v) is 4.73. The molecule has 1 atom stereocenters. The number of hydrogen-bond donors (Lipinski definition) is 1. The zero-order chi connectivity index (χ0) is 13.0. The van der Waals surface area contributed by atoms with Gasteiger partial charge in [0.25, 0.3) is 0 Å². The first-order valence-electron chi connectivity index (χ1n) is 5.19. The molecule has 0 aliphatic rings. The molecule has 17 heavy (non-hydrogen) atoms. The van der Waals surface area contributed by atoms with E-state index < -0.39 is 0 Å². The van der Waals surface area contributed by atoms with E-state index >= 15 is 0 Å². The average molecular weight is 274 g/mol. The van der Waals surface area contributed by atoms with E-state index in [9.17, 15) is 0 Å². The highest BCUT2D eigenvalue weighted by molar-refractivity contribution is 7.80.